The first-order valence-electron chi connectivity index (χ1n) is 6.48. The number of carbonyl (C=O) groups excluding carboxylic acids is 1. The van der Waals surface area contributed by atoms with Gasteiger partial charge in [-0.05, 0) is 24.7 Å². The van der Waals surface area contributed by atoms with Crippen LogP contribution in [0.1, 0.15) is 26.2 Å². The lowest BCUT2D eigenvalue weighted by molar-refractivity contribution is -0.135. The molecule has 0 fully saturated rings. The molecule has 0 bridgehead atoms. The van der Waals surface area contributed by atoms with Gasteiger partial charge in [-0.15, -0.1) is 0 Å². The molecule has 0 aromatic carbocycles. The van der Waals surface area contributed by atoms with Crippen molar-refractivity contribution in [1.82, 2.24) is 4.90 Å². The van der Waals surface area contributed by atoms with Crippen molar-refractivity contribution in [3.8, 4) is 6.07 Å². The van der Waals surface area contributed by atoms with E-state index in [0.717, 1.165) is 12.8 Å². The first-order chi connectivity index (χ1) is 8.65. The molecule has 0 aliphatic heterocycles. The molecule has 0 heterocycles. The van der Waals surface area contributed by atoms with Gasteiger partial charge in [0.2, 0.25) is 5.91 Å². The number of carbonyl (C=O) groups is 1. The van der Waals surface area contributed by atoms with Crippen molar-refractivity contribution in [3.63, 3.8) is 0 Å². The van der Waals surface area contributed by atoms with E-state index in [2.05, 4.69) is 19.1 Å². The molecule has 100 valence electrons. The highest BCUT2D eigenvalue weighted by Gasteiger charge is 2.19. The van der Waals surface area contributed by atoms with Crippen LogP contribution in [0.3, 0.4) is 0 Å². The Bertz CT molecular complexity index is 333. The quantitative estimate of drug-likeness (QED) is 0.677. The van der Waals surface area contributed by atoms with Crippen molar-refractivity contribution in [2.75, 3.05) is 26.8 Å². The van der Waals surface area contributed by atoms with Crippen LogP contribution in [0.15, 0.2) is 12.2 Å². The Hall–Kier alpha value is -1.34. The fraction of sp³-hybridized carbons (Fsp3) is 0.714. The van der Waals surface area contributed by atoms with Gasteiger partial charge in [0.05, 0.1) is 19.1 Å². The molecule has 18 heavy (non-hydrogen) atoms. The van der Waals surface area contributed by atoms with Crippen LogP contribution in [-0.4, -0.2) is 37.6 Å². The van der Waals surface area contributed by atoms with Crippen molar-refractivity contribution in [1.29, 1.82) is 5.26 Å². The summed E-state index contributed by atoms with van der Waals surface area (Å²) in [6, 6.07) is 2.02. The molecular weight excluding hydrogens is 228 g/mol. The van der Waals surface area contributed by atoms with Gasteiger partial charge in [0.25, 0.3) is 0 Å². The van der Waals surface area contributed by atoms with Crippen molar-refractivity contribution in [2.24, 2.45) is 11.8 Å². The van der Waals surface area contributed by atoms with E-state index in [0.29, 0.717) is 31.4 Å². The van der Waals surface area contributed by atoms with E-state index in [9.17, 15) is 4.79 Å². The fourth-order valence-electron chi connectivity index (χ4n) is 1.99. The van der Waals surface area contributed by atoms with Crippen LogP contribution in [-0.2, 0) is 9.53 Å². The average Bonchev–Trinajstić information content (AvgIpc) is 2.38. The second kappa shape index (κ2) is 7.88. The molecule has 4 heteroatoms. The third kappa shape index (κ3) is 4.89. The minimum Gasteiger partial charge on any atom is -0.371 e. The van der Waals surface area contributed by atoms with Crippen molar-refractivity contribution in [2.45, 2.75) is 26.2 Å². The number of likely N-dealkylation sites (N-methyl/N-ethyl adjacent to an activating group) is 1. The summed E-state index contributed by atoms with van der Waals surface area (Å²) in [5.74, 6) is 1.10. The number of hydrogen-bond donors (Lipinski definition) is 0. The van der Waals surface area contributed by atoms with Crippen molar-refractivity contribution < 1.29 is 9.53 Å². The molecule has 1 aliphatic carbocycles. The predicted octanol–water partition coefficient (Wildman–Crippen LogP) is 1.98. The Kier molecular flexibility index (Phi) is 6.45. The Morgan fingerprint density at radius 3 is 2.89 bits per heavy atom. The maximum atomic E-state index is 11.6. The van der Waals surface area contributed by atoms with Gasteiger partial charge in [-0.3, -0.25) is 4.79 Å². The summed E-state index contributed by atoms with van der Waals surface area (Å²) in [5, 5.41) is 8.45. The van der Waals surface area contributed by atoms with E-state index in [1.165, 1.54) is 0 Å². The number of nitrogens with zero attached hydrogens (tertiary/aromatic N) is 2. The first-order valence-corrected chi connectivity index (χ1v) is 6.48. The highest BCUT2D eigenvalue weighted by atomic mass is 16.5. The van der Waals surface area contributed by atoms with E-state index in [1.807, 2.05) is 6.07 Å². The molecule has 1 aliphatic rings. The Morgan fingerprint density at radius 2 is 2.22 bits per heavy atom. The van der Waals surface area contributed by atoms with E-state index in [-0.39, 0.29) is 12.5 Å². The van der Waals surface area contributed by atoms with Gasteiger partial charge in [-0.1, -0.05) is 19.1 Å². The van der Waals surface area contributed by atoms with Crippen molar-refractivity contribution in [3.05, 3.63) is 12.2 Å². The smallest absolute Gasteiger partial charge is 0.248 e. The minimum absolute atomic E-state index is 0.0516. The standard InChI is InChI=1S/C14H22N2O2/c1-12-6-3-4-7-13(12)10-18-11-14(17)16(2)9-5-8-15/h3-4,12-13H,5-7,9-11H2,1-2H3. The zero-order valence-corrected chi connectivity index (χ0v) is 11.3. The van der Waals surface area contributed by atoms with Gasteiger partial charge in [0.1, 0.15) is 6.61 Å². The molecule has 2 atom stereocenters. The minimum atomic E-state index is -0.0516. The van der Waals surface area contributed by atoms with Crippen LogP contribution >= 0.6 is 0 Å². The molecule has 0 aromatic heterocycles. The molecule has 0 radical (unpaired) electrons. The third-order valence-electron chi connectivity index (χ3n) is 3.46. The summed E-state index contributed by atoms with van der Waals surface area (Å²) in [4.78, 5) is 13.2. The summed E-state index contributed by atoms with van der Waals surface area (Å²) in [5.41, 5.74) is 0. The number of allylic oxidation sites excluding steroid dienone is 2. The highest BCUT2D eigenvalue weighted by Crippen LogP contribution is 2.24. The molecule has 2 unspecified atom stereocenters. The van der Waals surface area contributed by atoms with Gasteiger partial charge in [-0.25, -0.2) is 0 Å². The van der Waals surface area contributed by atoms with Gasteiger partial charge < -0.3 is 9.64 Å². The van der Waals surface area contributed by atoms with Crippen LogP contribution in [0.4, 0.5) is 0 Å². The van der Waals surface area contributed by atoms with Gasteiger partial charge in [0.15, 0.2) is 0 Å². The summed E-state index contributed by atoms with van der Waals surface area (Å²) in [6.07, 6.45) is 6.91. The molecule has 0 aromatic rings. The predicted molar refractivity (Wildman–Crippen MR) is 69.7 cm³/mol. The van der Waals surface area contributed by atoms with E-state index in [4.69, 9.17) is 10.00 Å². The second-order valence-electron chi connectivity index (χ2n) is 4.92. The van der Waals surface area contributed by atoms with Crippen LogP contribution in [0, 0.1) is 23.2 Å². The Balaban J connectivity index is 2.19. The largest absolute Gasteiger partial charge is 0.371 e. The third-order valence-corrected chi connectivity index (χ3v) is 3.46. The van der Waals surface area contributed by atoms with Crippen molar-refractivity contribution >= 4 is 5.91 Å². The topological polar surface area (TPSA) is 53.3 Å². The molecular formula is C14H22N2O2. The lowest BCUT2D eigenvalue weighted by Crippen LogP contribution is -2.32. The highest BCUT2D eigenvalue weighted by molar-refractivity contribution is 5.77. The fourth-order valence-corrected chi connectivity index (χ4v) is 1.99. The maximum Gasteiger partial charge on any atom is 0.248 e. The molecule has 0 spiro atoms. The van der Waals surface area contributed by atoms with Gasteiger partial charge >= 0.3 is 0 Å². The van der Waals surface area contributed by atoms with Gasteiger partial charge in [-0.2, -0.15) is 5.26 Å². The van der Waals surface area contributed by atoms with E-state index < -0.39 is 0 Å². The monoisotopic (exact) mass is 250 g/mol. The lowest BCUT2D eigenvalue weighted by Gasteiger charge is -2.25. The number of nitriles is 1. The van der Waals surface area contributed by atoms with Crippen LogP contribution in [0.5, 0.6) is 0 Å². The Labute approximate surface area is 109 Å². The van der Waals surface area contributed by atoms with Crippen LogP contribution in [0.2, 0.25) is 0 Å². The number of hydrogen-bond acceptors (Lipinski definition) is 3. The van der Waals surface area contributed by atoms with Crippen LogP contribution in [0.25, 0.3) is 0 Å². The molecule has 1 amide bonds. The molecule has 0 N–H and O–H groups in total. The summed E-state index contributed by atoms with van der Waals surface area (Å²) < 4.78 is 5.50. The number of amides is 1. The van der Waals surface area contributed by atoms with E-state index in [1.54, 1.807) is 11.9 Å². The summed E-state index contributed by atoms with van der Waals surface area (Å²) in [6.45, 7) is 3.46. The Morgan fingerprint density at radius 1 is 1.50 bits per heavy atom. The molecule has 1 rings (SSSR count). The van der Waals surface area contributed by atoms with Gasteiger partial charge in [0, 0.05) is 13.6 Å². The SMILES string of the molecule is CC1CC=CCC1COCC(=O)N(C)CCC#N. The summed E-state index contributed by atoms with van der Waals surface area (Å²) in [7, 11) is 1.70. The first kappa shape index (κ1) is 14.7. The molecule has 4 nitrogen and oxygen atoms in total. The number of rotatable bonds is 6. The molecule has 0 saturated heterocycles. The number of ether oxygens (including phenoxy) is 1. The van der Waals surface area contributed by atoms with Crippen LogP contribution < -0.4 is 0 Å². The molecule has 0 saturated carbocycles. The van der Waals surface area contributed by atoms with E-state index >= 15 is 0 Å². The normalized spacial score (nSPS) is 22.5. The maximum absolute atomic E-state index is 11.6. The zero-order valence-electron chi connectivity index (χ0n) is 11.3. The lowest BCUT2D eigenvalue weighted by atomic mass is 9.85. The zero-order chi connectivity index (χ0) is 13.4. The average molecular weight is 250 g/mol. The second-order valence-corrected chi connectivity index (χ2v) is 4.92. The summed E-state index contributed by atoms with van der Waals surface area (Å²) >= 11 is 0.